The molecule has 0 aliphatic carbocycles. The molecule has 3 nitrogen and oxygen atoms in total. The fourth-order valence-corrected chi connectivity index (χ4v) is 1.73. The van der Waals surface area contributed by atoms with Crippen LogP contribution >= 0.6 is 11.8 Å². The zero-order valence-electron chi connectivity index (χ0n) is 7.82. The van der Waals surface area contributed by atoms with Gasteiger partial charge in [0.1, 0.15) is 17.8 Å². The standard InChI is InChI=1S/C10H9N3S/c1-2-5-14-10-4-3-8(6-11)13-9(10)7-12/h3-4H,2,5H2,1H3. The molecule has 0 unspecified atom stereocenters. The number of nitriles is 2. The summed E-state index contributed by atoms with van der Waals surface area (Å²) in [6.45, 7) is 2.08. The second kappa shape index (κ2) is 5.26. The van der Waals surface area contributed by atoms with Crippen LogP contribution in [0.25, 0.3) is 0 Å². The molecule has 1 aromatic heterocycles. The Morgan fingerprint density at radius 3 is 2.71 bits per heavy atom. The summed E-state index contributed by atoms with van der Waals surface area (Å²) < 4.78 is 0. The summed E-state index contributed by atoms with van der Waals surface area (Å²) in [5, 5.41) is 17.4. The third-order valence-corrected chi connectivity index (χ3v) is 2.79. The molecule has 4 heteroatoms. The molecule has 70 valence electrons. The van der Waals surface area contributed by atoms with Gasteiger partial charge in [0.25, 0.3) is 0 Å². The molecule has 0 aromatic carbocycles. The first-order valence-electron chi connectivity index (χ1n) is 4.26. The van der Waals surface area contributed by atoms with Crippen molar-refractivity contribution in [1.82, 2.24) is 4.98 Å². The van der Waals surface area contributed by atoms with E-state index in [2.05, 4.69) is 11.9 Å². The summed E-state index contributed by atoms with van der Waals surface area (Å²) in [6, 6.07) is 7.33. The minimum absolute atomic E-state index is 0.294. The minimum atomic E-state index is 0.294. The first-order valence-corrected chi connectivity index (χ1v) is 5.24. The summed E-state index contributed by atoms with van der Waals surface area (Å²) in [5.41, 5.74) is 0.643. The summed E-state index contributed by atoms with van der Waals surface area (Å²) >= 11 is 1.60. The van der Waals surface area contributed by atoms with Gasteiger partial charge in [-0.3, -0.25) is 0 Å². The Balaban J connectivity index is 2.96. The van der Waals surface area contributed by atoms with Gasteiger partial charge in [-0.25, -0.2) is 4.98 Å². The normalized spacial score (nSPS) is 9.07. The first kappa shape index (κ1) is 10.6. The quantitative estimate of drug-likeness (QED) is 0.707. The van der Waals surface area contributed by atoms with E-state index in [9.17, 15) is 0 Å². The van der Waals surface area contributed by atoms with Crippen molar-refractivity contribution >= 4 is 11.8 Å². The molecule has 0 saturated heterocycles. The average Bonchev–Trinajstić information content (AvgIpc) is 2.26. The Labute approximate surface area is 87.4 Å². The molecule has 0 atom stereocenters. The van der Waals surface area contributed by atoms with Crippen LogP contribution in [-0.2, 0) is 0 Å². The van der Waals surface area contributed by atoms with Crippen LogP contribution in [0.15, 0.2) is 17.0 Å². The van der Waals surface area contributed by atoms with Crippen molar-refractivity contribution < 1.29 is 0 Å². The lowest BCUT2D eigenvalue weighted by atomic mass is 10.3. The fourth-order valence-electron chi connectivity index (χ4n) is 0.917. The maximum Gasteiger partial charge on any atom is 0.155 e. The number of pyridine rings is 1. The first-order chi connectivity index (χ1) is 6.81. The van der Waals surface area contributed by atoms with Crippen molar-refractivity contribution in [2.45, 2.75) is 18.2 Å². The molecule has 14 heavy (non-hydrogen) atoms. The molecule has 0 aliphatic heterocycles. The van der Waals surface area contributed by atoms with Crippen LogP contribution in [-0.4, -0.2) is 10.7 Å². The molecule has 0 fully saturated rings. The maximum absolute atomic E-state index is 8.80. The van der Waals surface area contributed by atoms with Crippen LogP contribution in [0.5, 0.6) is 0 Å². The number of hydrogen-bond acceptors (Lipinski definition) is 4. The van der Waals surface area contributed by atoms with Gasteiger partial charge in [0.15, 0.2) is 5.69 Å². The van der Waals surface area contributed by atoms with E-state index < -0.39 is 0 Å². The van der Waals surface area contributed by atoms with Gasteiger partial charge in [-0.2, -0.15) is 10.5 Å². The molecule has 0 aliphatic rings. The lowest BCUT2D eigenvalue weighted by Crippen LogP contribution is -1.91. The number of nitrogens with zero attached hydrogens (tertiary/aromatic N) is 3. The van der Waals surface area contributed by atoms with E-state index >= 15 is 0 Å². The summed E-state index contributed by atoms with van der Waals surface area (Å²) in [5.74, 6) is 0.961. The van der Waals surface area contributed by atoms with Gasteiger partial charge >= 0.3 is 0 Å². The van der Waals surface area contributed by atoms with Gasteiger partial charge in [-0.05, 0) is 24.3 Å². The summed E-state index contributed by atoms with van der Waals surface area (Å²) in [7, 11) is 0. The Morgan fingerprint density at radius 2 is 2.14 bits per heavy atom. The highest BCUT2D eigenvalue weighted by molar-refractivity contribution is 7.99. The molecule has 0 radical (unpaired) electrons. The predicted molar refractivity (Wildman–Crippen MR) is 54.7 cm³/mol. The van der Waals surface area contributed by atoms with Crippen LogP contribution in [0.1, 0.15) is 24.7 Å². The van der Waals surface area contributed by atoms with Crippen molar-refractivity contribution in [1.29, 1.82) is 10.5 Å². The lowest BCUT2D eigenvalue weighted by Gasteiger charge is -2.01. The van der Waals surface area contributed by atoms with Gasteiger partial charge in [-0.15, -0.1) is 11.8 Å². The molecule has 1 aromatic rings. The molecule has 0 saturated carbocycles. The molecular formula is C10H9N3S. The van der Waals surface area contributed by atoms with E-state index in [1.165, 1.54) is 0 Å². The van der Waals surface area contributed by atoms with Gasteiger partial charge in [0, 0.05) is 4.90 Å². The Morgan fingerprint density at radius 1 is 1.36 bits per heavy atom. The predicted octanol–water partition coefficient (Wildman–Crippen LogP) is 2.33. The molecule has 0 N–H and O–H groups in total. The minimum Gasteiger partial charge on any atom is -0.225 e. The topological polar surface area (TPSA) is 60.5 Å². The second-order valence-electron chi connectivity index (χ2n) is 2.62. The highest BCUT2D eigenvalue weighted by Gasteiger charge is 2.04. The molecular weight excluding hydrogens is 194 g/mol. The van der Waals surface area contributed by atoms with Crippen molar-refractivity contribution in [3.8, 4) is 12.1 Å². The number of thioether (sulfide) groups is 1. The Hall–Kier alpha value is -1.52. The van der Waals surface area contributed by atoms with Crippen LogP contribution < -0.4 is 0 Å². The van der Waals surface area contributed by atoms with Crippen molar-refractivity contribution in [3.63, 3.8) is 0 Å². The van der Waals surface area contributed by atoms with Crippen LogP contribution in [0.4, 0.5) is 0 Å². The van der Waals surface area contributed by atoms with Crippen molar-refractivity contribution in [2.24, 2.45) is 0 Å². The monoisotopic (exact) mass is 203 g/mol. The van der Waals surface area contributed by atoms with E-state index in [0.29, 0.717) is 11.4 Å². The zero-order valence-corrected chi connectivity index (χ0v) is 8.64. The van der Waals surface area contributed by atoms with Gasteiger partial charge < -0.3 is 0 Å². The third kappa shape index (κ3) is 2.48. The Bertz CT molecular complexity index is 401. The lowest BCUT2D eigenvalue weighted by molar-refractivity contribution is 1.09. The SMILES string of the molecule is CCCSc1ccc(C#N)nc1C#N. The van der Waals surface area contributed by atoms with Crippen molar-refractivity contribution in [2.75, 3.05) is 5.75 Å². The number of aromatic nitrogens is 1. The van der Waals surface area contributed by atoms with E-state index in [-0.39, 0.29) is 0 Å². The molecule has 1 heterocycles. The van der Waals surface area contributed by atoms with Crippen LogP contribution in [0, 0.1) is 22.7 Å². The van der Waals surface area contributed by atoms with E-state index in [1.54, 1.807) is 23.9 Å². The average molecular weight is 203 g/mol. The highest BCUT2D eigenvalue weighted by Crippen LogP contribution is 2.21. The Kier molecular flexibility index (Phi) is 3.97. The second-order valence-corrected chi connectivity index (χ2v) is 3.75. The van der Waals surface area contributed by atoms with Gasteiger partial charge in [-0.1, -0.05) is 6.92 Å². The number of rotatable bonds is 3. The molecule has 0 spiro atoms. The number of hydrogen-bond donors (Lipinski definition) is 0. The summed E-state index contributed by atoms with van der Waals surface area (Å²) in [4.78, 5) is 4.77. The van der Waals surface area contributed by atoms with Crippen LogP contribution in [0.3, 0.4) is 0 Å². The van der Waals surface area contributed by atoms with Crippen molar-refractivity contribution in [3.05, 3.63) is 23.5 Å². The highest BCUT2D eigenvalue weighted by atomic mass is 32.2. The maximum atomic E-state index is 8.80. The molecule has 0 amide bonds. The smallest absolute Gasteiger partial charge is 0.155 e. The van der Waals surface area contributed by atoms with Gasteiger partial charge in [0.05, 0.1) is 0 Å². The molecule has 0 bridgehead atoms. The van der Waals surface area contributed by atoms with Gasteiger partial charge in [0.2, 0.25) is 0 Å². The van der Waals surface area contributed by atoms with E-state index in [4.69, 9.17) is 10.5 Å². The molecule has 1 rings (SSSR count). The largest absolute Gasteiger partial charge is 0.225 e. The van der Waals surface area contributed by atoms with E-state index in [0.717, 1.165) is 17.1 Å². The third-order valence-electron chi connectivity index (χ3n) is 1.54. The summed E-state index contributed by atoms with van der Waals surface area (Å²) in [6.07, 6.45) is 1.05. The van der Waals surface area contributed by atoms with Crippen LogP contribution in [0.2, 0.25) is 0 Å². The van der Waals surface area contributed by atoms with E-state index in [1.807, 2.05) is 12.1 Å². The fraction of sp³-hybridized carbons (Fsp3) is 0.300. The zero-order chi connectivity index (χ0) is 10.4.